The number of hydrogen-bond donors (Lipinski definition) is 3. The number of phenolic OH excluding ortho intramolecular Hbond substituents is 1. The zero-order valence-electron chi connectivity index (χ0n) is 12.1. The highest BCUT2D eigenvalue weighted by atomic mass is 16.3. The first-order valence-electron chi connectivity index (χ1n) is 7.66. The molecule has 114 valence electrons. The van der Waals surface area contributed by atoms with Crippen molar-refractivity contribution in [3.8, 4) is 5.75 Å². The average Bonchev–Trinajstić information content (AvgIpc) is 2.92. The van der Waals surface area contributed by atoms with Crippen molar-refractivity contribution in [3.63, 3.8) is 0 Å². The number of rotatable bonds is 2. The van der Waals surface area contributed by atoms with Gasteiger partial charge in [0.2, 0.25) is 0 Å². The summed E-state index contributed by atoms with van der Waals surface area (Å²) in [5.41, 5.74) is 2.00. The van der Waals surface area contributed by atoms with Crippen LogP contribution in [0, 0.1) is 5.92 Å². The molecular weight excluding hydrogens is 268 g/mol. The number of urea groups is 1. The number of piperidine rings is 1. The normalized spacial score (nSPS) is 22.1. The number of phenols is 1. The minimum absolute atomic E-state index is 0.00448. The molecule has 1 unspecified atom stereocenters. The summed E-state index contributed by atoms with van der Waals surface area (Å²) in [7, 11) is 0. The van der Waals surface area contributed by atoms with E-state index >= 15 is 0 Å². The van der Waals surface area contributed by atoms with Gasteiger partial charge in [-0.05, 0) is 48.8 Å². The summed E-state index contributed by atoms with van der Waals surface area (Å²) in [6.45, 7) is 1.62. The largest absolute Gasteiger partial charge is 0.508 e. The molecule has 3 rings (SSSR count). The van der Waals surface area contributed by atoms with E-state index in [1.165, 1.54) is 0 Å². The molecular formula is C16H22N2O3. The Hall–Kier alpha value is -1.75. The Morgan fingerprint density at radius 1 is 1.29 bits per heavy atom. The first-order valence-corrected chi connectivity index (χ1v) is 7.66. The molecule has 3 N–H and O–H groups in total. The summed E-state index contributed by atoms with van der Waals surface area (Å²) in [6, 6.07) is 5.46. The fourth-order valence-electron chi connectivity index (χ4n) is 3.34. The van der Waals surface area contributed by atoms with Crippen LogP contribution in [0.25, 0.3) is 0 Å². The van der Waals surface area contributed by atoms with Gasteiger partial charge in [-0.1, -0.05) is 12.1 Å². The van der Waals surface area contributed by atoms with Crippen LogP contribution in [-0.4, -0.2) is 40.8 Å². The van der Waals surface area contributed by atoms with Gasteiger partial charge in [-0.25, -0.2) is 4.79 Å². The molecule has 2 aliphatic rings. The third-order valence-electron chi connectivity index (χ3n) is 4.70. The van der Waals surface area contributed by atoms with E-state index in [0.29, 0.717) is 24.8 Å². The molecule has 1 aromatic rings. The van der Waals surface area contributed by atoms with Gasteiger partial charge in [0.05, 0.1) is 6.04 Å². The Morgan fingerprint density at radius 2 is 2.05 bits per heavy atom. The summed E-state index contributed by atoms with van der Waals surface area (Å²) in [6.07, 6.45) is 3.38. The van der Waals surface area contributed by atoms with Crippen LogP contribution in [0.1, 0.15) is 36.4 Å². The van der Waals surface area contributed by atoms with Crippen LogP contribution in [0.15, 0.2) is 18.2 Å². The third-order valence-corrected chi connectivity index (χ3v) is 4.70. The Labute approximate surface area is 124 Å². The number of carbonyl (C=O) groups is 1. The van der Waals surface area contributed by atoms with Crippen molar-refractivity contribution in [2.75, 3.05) is 19.7 Å². The maximum atomic E-state index is 12.3. The van der Waals surface area contributed by atoms with Gasteiger partial charge in [0.1, 0.15) is 5.75 Å². The van der Waals surface area contributed by atoms with E-state index < -0.39 is 0 Å². The Kier molecular flexibility index (Phi) is 4.01. The molecule has 21 heavy (non-hydrogen) atoms. The van der Waals surface area contributed by atoms with Crippen molar-refractivity contribution in [1.29, 1.82) is 0 Å². The van der Waals surface area contributed by atoms with Gasteiger partial charge in [0, 0.05) is 19.7 Å². The average molecular weight is 290 g/mol. The predicted octanol–water partition coefficient (Wildman–Crippen LogP) is 1.79. The van der Waals surface area contributed by atoms with Gasteiger partial charge < -0.3 is 20.4 Å². The van der Waals surface area contributed by atoms with Crippen molar-refractivity contribution >= 4 is 6.03 Å². The van der Waals surface area contributed by atoms with Crippen molar-refractivity contribution in [3.05, 3.63) is 29.3 Å². The molecule has 0 saturated carbocycles. The number of benzene rings is 1. The third kappa shape index (κ3) is 2.83. The second-order valence-electron chi connectivity index (χ2n) is 6.00. The van der Waals surface area contributed by atoms with Gasteiger partial charge in [0.25, 0.3) is 0 Å². The Bertz CT molecular complexity index is 524. The maximum absolute atomic E-state index is 12.3. The smallest absolute Gasteiger partial charge is 0.317 e. The first kappa shape index (κ1) is 14.2. The standard InChI is InChI=1S/C16H22N2O3/c19-10-11-6-8-18(9-7-11)16(21)17-14-5-4-13-12(14)2-1-3-15(13)20/h1-3,11,14,19-20H,4-10H2,(H,17,21). The van der Waals surface area contributed by atoms with Gasteiger partial charge in [-0.3, -0.25) is 0 Å². The van der Waals surface area contributed by atoms with E-state index in [1.54, 1.807) is 6.07 Å². The molecule has 0 radical (unpaired) electrons. The van der Waals surface area contributed by atoms with E-state index in [0.717, 1.165) is 36.8 Å². The van der Waals surface area contributed by atoms with Crippen LogP contribution in [0.4, 0.5) is 4.79 Å². The van der Waals surface area contributed by atoms with E-state index in [4.69, 9.17) is 5.11 Å². The summed E-state index contributed by atoms with van der Waals surface area (Å²) in [5.74, 6) is 0.659. The van der Waals surface area contributed by atoms with Crippen LogP contribution < -0.4 is 5.32 Å². The molecule has 2 amide bonds. The molecule has 0 aromatic heterocycles. The van der Waals surface area contributed by atoms with E-state index in [-0.39, 0.29) is 18.7 Å². The molecule has 5 heteroatoms. The second kappa shape index (κ2) is 5.93. The van der Waals surface area contributed by atoms with Gasteiger partial charge >= 0.3 is 6.03 Å². The SMILES string of the molecule is O=C(NC1CCc2c(O)cccc21)N1CCC(CO)CC1. The number of nitrogens with zero attached hydrogens (tertiary/aromatic N) is 1. The van der Waals surface area contributed by atoms with Crippen LogP contribution >= 0.6 is 0 Å². The number of nitrogens with one attached hydrogen (secondary N) is 1. The van der Waals surface area contributed by atoms with Crippen LogP contribution in [-0.2, 0) is 6.42 Å². The number of fused-ring (bicyclic) bond motifs is 1. The molecule has 1 aliphatic heterocycles. The highest BCUT2D eigenvalue weighted by Gasteiger charge is 2.28. The molecule has 1 atom stereocenters. The van der Waals surface area contributed by atoms with E-state index in [1.807, 2.05) is 17.0 Å². The minimum atomic E-state index is -0.0346. The van der Waals surface area contributed by atoms with Crippen LogP contribution in [0.5, 0.6) is 5.75 Å². The second-order valence-corrected chi connectivity index (χ2v) is 6.00. The molecule has 0 bridgehead atoms. The van der Waals surface area contributed by atoms with Crippen LogP contribution in [0.2, 0.25) is 0 Å². The lowest BCUT2D eigenvalue weighted by Crippen LogP contribution is -2.45. The van der Waals surface area contributed by atoms with Gasteiger partial charge in [0.15, 0.2) is 0 Å². The highest BCUT2D eigenvalue weighted by Crippen LogP contribution is 2.36. The number of amides is 2. The topological polar surface area (TPSA) is 72.8 Å². The quantitative estimate of drug-likeness (QED) is 0.777. The number of carbonyl (C=O) groups excluding carboxylic acids is 1. The van der Waals surface area contributed by atoms with Crippen molar-refractivity contribution < 1.29 is 15.0 Å². The van der Waals surface area contributed by atoms with E-state index in [9.17, 15) is 9.90 Å². The van der Waals surface area contributed by atoms with Crippen LogP contribution in [0.3, 0.4) is 0 Å². The van der Waals surface area contributed by atoms with Crippen molar-refractivity contribution in [2.24, 2.45) is 5.92 Å². The summed E-state index contributed by atoms with van der Waals surface area (Å²) < 4.78 is 0. The number of aliphatic hydroxyl groups is 1. The number of likely N-dealkylation sites (tertiary alicyclic amines) is 1. The Morgan fingerprint density at radius 3 is 2.76 bits per heavy atom. The van der Waals surface area contributed by atoms with E-state index in [2.05, 4.69) is 5.32 Å². The summed E-state index contributed by atoms with van der Waals surface area (Å²) >= 11 is 0. The summed E-state index contributed by atoms with van der Waals surface area (Å²) in [5, 5.41) is 22.1. The van der Waals surface area contributed by atoms with Crippen molar-refractivity contribution in [2.45, 2.75) is 31.7 Å². The molecule has 1 fully saturated rings. The number of hydrogen-bond acceptors (Lipinski definition) is 3. The molecule has 0 spiro atoms. The zero-order chi connectivity index (χ0) is 14.8. The number of aliphatic hydroxyl groups excluding tert-OH is 1. The van der Waals surface area contributed by atoms with Crippen molar-refractivity contribution in [1.82, 2.24) is 10.2 Å². The molecule has 1 heterocycles. The highest BCUT2D eigenvalue weighted by molar-refractivity contribution is 5.75. The predicted molar refractivity (Wildman–Crippen MR) is 79.1 cm³/mol. The molecule has 1 aliphatic carbocycles. The minimum Gasteiger partial charge on any atom is -0.508 e. The molecule has 5 nitrogen and oxygen atoms in total. The van der Waals surface area contributed by atoms with Gasteiger partial charge in [-0.2, -0.15) is 0 Å². The zero-order valence-corrected chi connectivity index (χ0v) is 12.1. The monoisotopic (exact) mass is 290 g/mol. The van der Waals surface area contributed by atoms with Gasteiger partial charge in [-0.15, -0.1) is 0 Å². The fourth-order valence-corrected chi connectivity index (χ4v) is 3.34. The molecule has 1 aromatic carbocycles. The molecule has 1 saturated heterocycles. The summed E-state index contributed by atoms with van der Waals surface area (Å²) in [4.78, 5) is 14.2. The fraction of sp³-hybridized carbons (Fsp3) is 0.562. The lowest BCUT2D eigenvalue weighted by molar-refractivity contribution is 0.135. The number of aromatic hydroxyl groups is 1. The maximum Gasteiger partial charge on any atom is 0.317 e. The lowest BCUT2D eigenvalue weighted by Gasteiger charge is -2.32. The Balaban J connectivity index is 1.61. The first-order chi connectivity index (χ1) is 10.2. The lowest BCUT2D eigenvalue weighted by atomic mass is 9.98.